The topological polar surface area (TPSA) is 122 Å². The fourth-order valence-electron chi connectivity index (χ4n) is 7.43. The highest BCUT2D eigenvalue weighted by atomic mass is 16.7. The number of fused-ring (bicyclic) bond motifs is 3. The van der Waals surface area contributed by atoms with E-state index in [0.29, 0.717) is 33.0 Å². The van der Waals surface area contributed by atoms with Crippen LogP contribution in [0.1, 0.15) is 0 Å². The summed E-state index contributed by atoms with van der Waals surface area (Å²) >= 11 is 0. The molecule has 0 aromatic heterocycles. The monoisotopic (exact) mass is 634 g/mol. The summed E-state index contributed by atoms with van der Waals surface area (Å²) in [7, 11) is 0. The van der Waals surface area contributed by atoms with Gasteiger partial charge < -0.3 is 57.2 Å². The van der Waals surface area contributed by atoms with Crippen LogP contribution in [0.25, 0.3) is 0 Å². The smallest absolute Gasteiger partial charge is 0.116 e. The predicted octanol–water partition coefficient (Wildman–Crippen LogP) is 1.07. The Bertz CT molecular complexity index is 1050. The highest BCUT2D eigenvalue weighted by molar-refractivity contribution is 5.14. The minimum Gasteiger partial charge on any atom is -0.387 e. The van der Waals surface area contributed by atoms with Crippen LogP contribution >= 0.6 is 0 Å². The second-order valence-corrected chi connectivity index (χ2v) is 11.9. The zero-order chi connectivity index (χ0) is 31.5. The van der Waals surface area contributed by atoms with Crippen LogP contribution in [0.15, 0.2) is 63.3 Å². The molecule has 0 bridgehead atoms. The van der Waals surface area contributed by atoms with E-state index in [-0.39, 0.29) is 37.6 Å². The molecule has 12 nitrogen and oxygen atoms in total. The van der Waals surface area contributed by atoms with Gasteiger partial charge >= 0.3 is 0 Å². The van der Waals surface area contributed by atoms with Gasteiger partial charge in [0, 0.05) is 0 Å². The van der Waals surface area contributed by atoms with E-state index in [1.807, 2.05) is 0 Å². The molecule has 45 heavy (non-hydrogen) atoms. The summed E-state index contributed by atoms with van der Waals surface area (Å²) in [4.78, 5) is 0. The molecular weight excluding hydrogens is 588 g/mol. The van der Waals surface area contributed by atoms with E-state index in [4.69, 9.17) is 52.1 Å². The molecule has 0 aromatic rings. The Balaban J connectivity index is 1.23. The third kappa shape index (κ3) is 6.29. The molecule has 6 saturated heterocycles. The summed E-state index contributed by atoms with van der Waals surface area (Å²) in [5.41, 5.74) is 0. The Labute approximate surface area is 264 Å². The predicted molar refractivity (Wildman–Crippen MR) is 160 cm³/mol. The minimum absolute atomic E-state index is 0.239. The van der Waals surface area contributed by atoms with E-state index >= 15 is 0 Å². The van der Waals surface area contributed by atoms with Gasteiger partial charge in [-0.25, -0.2) is 0 Å². The van der Waals surface area contributed by atoms with Crippen LogP contribution in [-0.2, 0) is 52.1 Å². The highest BCUT2D eigenvalue weighted by Gasteiger charge is 2.67. The van der Waals surface area contributed by atoms with Gasteiger partial charge in [-0.3, -0.25) is 0 Å². The molecule has 4 unspecified atom stereocenters. The third-order valence-corrected chi connectivity index (χ3v) is 9.21. The molecule has 0 spiro atoms. The Morgan fingerprint density at radius 2 is 0.778 bits per heavy atom. The van der Waals surface area contributed by atoms with Gasteiger partial charge in [0.2, 0.25) is 0 Å². The molecule has 1 N–H and O–H groups in total. The number of hydrogen-bond acceptors (Lipinski definition) is 12. The van der Waals surface area contributed by atoms with E-state index in [0.717, 1.165) is 0 Å². The standard InChI is InChI=1S/C33H46O12/c1-6-11-35-18-16-40-23-20(34)24(42-21(18)23)29-27(38-14-9-4)31-33(44-29)28(39-15-10-5)32(45-31)30-26(37-13-8-3)25-22(43-30)19(17-41-25)36-12-7-2/h6-10,18-34H,1-5,11-17H2/t18-,19-,20-,21+,22+,23+,24?,25-,26+,27+,28+,29?,30?,31+,32?,33+/m0/s1. The van der Waals surface area contributed by atoms with E-state index in [1.54, 1.807) is 30.4 Å². The number of ether oxygens (including phenoxy) is 11. The molecule has 6 heterocycles. The van der Waals surface area contributed by atoms with E-state index in [1.165, 1.54) is 0 Å². The summed E-state index contributed by atoms with van der Waals surface area (Å²) in [6.45, 7) is 21.2. The number of aliphatic hydroxyl groups is 1. The van der Waals surface area contributed by atoms with Crippen LogP contribution in [0.4, 0.5) is 0 Å². The Kier molecular flexibility index (Phi) is 11.0. The normalized spacial score (nSPS) is 46.5. The van der Waals surface area contributed by atoms with Crippen molar-refractivity contribution in [1.29, 1.82) is 0 Å². The molecule has 0 amide bonds. The van der Waals surface area contributed by atoms with Gasteiger partial charge in [0.1, 0.15) is 97.7 Å². The van der Waals surface area contributed by atoms with Crippen molar-refractivity contribution in [2.24, 2.45) is 0 Å². The van der Waals surface area contributed by atoms with Crippen molar-refractivity contribution in [3.05, 3.63) is 63.3 Å². The number of hydrogen-bond donors (Lipinski definition) is 1. The fraction of sp³-hybridized carbons (Fsp3) is 0.697. The maximum absolute atomic E-state index is 11.4. The summed E-state index contributed by atoms with van der Waals surface area (Å²) in [5.74, 6) is 0. The molecule has 6 fully saturated rings. The van der Waals surface area contributed by atoms with Crippen molar-refractivity contribution >= 4 is 0 Å². The highest BCUT2D eigenvalue weighted by Crippen LogP contribution is 2.47. The molecule has 0 aromatic carbocycles. The van der Waals surface area contributed by atoms with E-state index < -0.39 is 73.2 Å². The summed E-state index contributed by atoms with van der Waals surface area (Å²) in [6.07, 6.45) is -0.375. The lowest BCUT2D eigenvalue weighted by atomic mass is 9.96. The largest absolute Gasteiger partial charge is 0.387 e. The zero-order valence-electron chi connectivity index (χ0n) is 25.5. The molecule has 0 saturated carbocycles. The molecule has 250 valence electrons. The van der Waals surface area contributed by atoms with Crippen molar-refractivity contribution in [2.75, 3.05) is 46.2 Å². The molecular formula is C33H46O12. The molecule has 16 atom stereocenters. The van der Waals surface area contributed by atoms with Gasteiger partial charge in [0.15, 0.2) is 0 Å². The average molecular weight is 635 g/mol. The van der Waals surface area contributed by atoms with Gasteiger partial charge in [0.25, 0.3) is 0 Å². The number of aliphatic hydroxyl groups excluding tert-OH is 1. The SMILES string of the molecule is C=CCO[C@H]1CO[C@H]2[C@@H]1OC(C1O[C@H]3[C@H](OC(C4O[C@H]5[C@H](OC[C@@H]5OCC=C)[C@H]4OCC=C)[C@H]3OCC=C)[C@@H]1OCC=C)[C@H]2O. The van der Waals surface area contributed by atoms with Gasteiger partial charge in [-0.05, 0) is 0 Å². The van der Waals surface area contributed by atoms with E-state index in [2.05, 4.69) is 32.9 Å². The quantitative estimate of drug-likeness (QED) is 0.231. The average Bonchev–Trinajstić information content (AvgIpc) is 3.87. The maximum atomic E-state index is 11.4. The van der Waals surface area contributed by atoms with E-state index in [9.17, 15) is 5.11 Å². The lowest BCUT2D eigenvalue weighted by Gasteiger charge is -2.34. The maximum Gasteiger partial charge on any atom is 0.116 e. The first-order valence-corrected chi connectivity index (χ1v) is 15.7. The van der Waals surface area contributed by atoms with Gasteiger partial charge in [0.05, 0.1) is 46.2 Å². The lowest BCUT2D eigenvalue weighted by Crippen LogP contribution is -2.50. The van der Waals surface area contributed by atoms with Crippen molar-refractivity contribution in [3.63, 3.8) is 0 Å². The van der Waals surface area contributed by atoms with Gasteiger partial charge in [-0.15, -0.1) is 32.9 Å². The number of rotatable bonds is 17. The molecule has 0 radical (unpaired) electrons. The van der Waals surface area contributed by atoms with Crippen molar-refractivity contribution in [3.8, 4) is 0 Å². The molecule has 6 aliphatic heterocycles. The Morgan fingerprint density at radius 3 is 1.24 bits per heavy atom. The zero-order valence-corrected chi connectivity index (χ0v) is 25.5. The summed E-state index contributed by atoms with van der Waals surface area (Å²) in [6, 6.07) is 0. The summed E-state index contributed by atoms with van der Waals surface area (Å²) in [5, 5.41) is 11.4. The third-order valence-electron chi connectivity index (χ3n) is 9.21. The van der Waals surface area contributed by atoms with Crippen LogP contribution in [-0.4, -0.2) is 149 Å². The van der Waals surface area contributed by atoms with Crippen LogP contribution in [0.5, 0.6) is 0 Å². The van der Waals surface area contributed by atoms with Crippen LogP contribution in [0, 0.1) is 0 Å². The Hall–Kier alpha value is -1.78. The van der Waals surface area contributed by atoms with Gasteiger partial charge in [-0.1, -0.05) is 30.4 Å². The first-order chi connectivity index (χ1) is 22.1. The van der Waals surface area contributed by atoms with Crippen LogP contribution < -0.4 is 0 Å². The Morgan fingerprint density at radius 1 is 0.444 bits per heavy atom. The molecule has 6 rings (SSSR count). The first-order valence-electron chi connectivity index (χ1n) is 15.7. The van der Waals surface area contributed by atoms with Crippen molar-refractivity contribution < 1.29 is 57.2 Å². The first kappa shape index (κ1) is 33.1. The van der Waals surface area contributed by atoms with Crippen molar-refractivity contribution in [1.82, 2.24) is 0 Å². The fourth-order valence-corrected chi connectivity index (χ4v) is 7.43. The second-order valence-electron chi connectivity index (χ2n) is 11.9. The summed E-state index contributed by atoms with van der Waals surface area (Å²) < 4.78 is 69.2. The van der Waals surface area contributed by atoms with Crippen LogP contribution in [0.3, 0.4) is 0 Å². The van der Waals surface area contributed by atoms with Crippen molar-refractivity contribution in [2.45, 2.75) is 97.7 Å². The molecule has 6 aliphatic rings. The molecule has 12 heteroatoms. The second kappa shape index (κ2) is 15.0. The molecule has 0 aliphatic carbocycles. The van der Waals surface area contributed by atoms with Crippen LogP contribution in [0.2, 0.25) is 0 Å². The lowest BCUT2D eigenvalue weighted by molar-refractivity contribution is -0.187. The van der Waals surface area contributed by atoms with Gasteiger partial charge in [-0.2, -0.15) is 0 Å². The minimum atomic E-state index is -0.965.